The van der Waals surface area contributed by atoms with Gasteiger partial charge in [-0.3, -0.25) is 4.98 Å². The molecular formula is C14H16ClIN2O. The standard InChI is InChI=1S/C14H15IN2O.ClH/c15-14-12-5-8-17-9-10(12)1-2-13(14)18-11-3-6-16-7-4-11;/h1-2,5,8-9,11,16H,3-4,6-7H2;1H. The van der Waals surface area contributed by atoms with Gasteiger partial charge in [0.15, 0.2) is 0 Å². The number of fused-ring (bicyclic) bond motifs is 1. The van der Waals surface area contributed by atoms with Crippen molar-refractivity contribution < 1.29 is 4.74 Å². The lowest BCUT2D eigenvalue weighted by Crippen LogP contribution is -2.34. The molecular weight excluding hydrogens is 375 g/mol. The molecule has 0 unspecified atom stereocenters. The molecule has 1 fully saturated rings. The van der Waals surface area contributed by atoms with Crippen LogP contribution in [0.2, 0.25) is 0 Å². The first-order chi connectivity index (χ1) is 8.84. The van der Waals surface area contributed by atoms with E-state index in [1.54, 1.807) is 0 Å². The Hall–Kier alpha value is -0.590. The Morgan fingerprint density at radius 1 is 1.21 bits per heavy atom. The quantitative estimate of drug-likeness (QED) is 0.798. The number of ether oxygens (including phenoxy) is 1. The fourth-order valence-corrected chi connectivity index (χ4v) is 3.09. The summed E-state index contributed by atoms with van der Waals surface area (Å²) >= 11 is 2.37. The second-order valence-corrected chi connectivity index (χ2v) is 5.62. The molecule has 0 amide bonds. The molecule has 0 aliphatic carbocycles. The van der Waals surface area contributed by atoms with Crippen molar-refractivity contribution in [3.05, 3.63) is 34.2 Å². The van der Waals surface area contributed by atoms with Crippen molar-refractivity contribution in [1.82, 2.24) is 10.3 Å². The lowest BCUT2D eigenvalue weighted by molar-refractivity contribution is 0.161. The second kappa shape index (κ2) is 6.72. The molecule has 19 heavy (non-hydrogen) atoms. The van der Waals surface area contributed by atoms with Crippen LogP contribution in [-0.4, -0.2) is 24.2 Å². The molecule has 0 radical (unpaired) electrons. The third-order valence-corrected chi connectivity index (χ3v) is 4.41. The monoisotopic (exact) mass is 390 g/mol. The molecule has 1 saturated heterocycles. The molecule has 2 heterocycles. The summed E-state index contributed by atoms with van der Waals surface area (Å²) in [4.78, 5) is 4.15. The fourth-order valence-electron chi connectivity index (χ4n) is 2.29. The van der Waals surface area contributed by atoms with Crippen molar-refractivity contribution in [2.45, 2.75) is 18.9 Å². The van der Waals surface area contributed by atoms with Gasteiger partial charge in [-0.15, -0.1) is 12.4 Å². The van der Waals surface area contributed by atoms with E-state index in [1.165, 1.54) is 14.3 Å². The van der Waals surface area contributed by atoms with Crippen LogP contribution in [0.25, 0.3) is 10.8 Å². The zero-order chi connectivity index (χ0) is 12.4. The topological polar surface area (TPSA) is 34.1 Å². The van der Waals surface area contributed by atoms with Crippen LogP contribution in [0.3, 0.4) is 0 Å². The van der Waals surface area contributed by atoms with E-state index in [2.05, 4.69) is 45.0 Å². The minimum Gasteiger partial charge on any atom is -0.489 e. The van der Waals surface area contributed by atoms with Crippen LogP contribution in [0.15, 0.2) is 30.6 Å². The maximum absolute atomic E-state index is 6.13. The second-order valence-electron chi connectivity index (χ2n) is 4.54. The Bertz CT molecular complexity index is 558. The summed E-state index contributed by atoms with van der Waals surface area (Å²) in [5.41, 5.74) is 0. The third-order valence-electron chi connectivity index (χ3n) is 3.30. The molecule has 0 atom stereocenters. The first-order valence-electron chi connectivity index (χ1n) is 6.24. The molecule has 1 aliphatic heterocycles. The number of rotatable bonds is 2. The van der Waals surface area contributed by atoms with Gasteiger partial charge in [-0.1, -0.05) is 0 Å². The maximum atomic E-state index is 6.13. The number of halogens is 2. The van der Waals surface area contributed by atoms with Crippen molar-refractivity contribution in [1.29, 1.82) is 0 Å². The highest BCUT2D eigenvalue weighted by Gasteiger charge is 2.16. The molecule has 1 N–H and O–H groups in total. The predicted molar refractivity (Wildman–Crippen MR) is 88.2 cm³/mol. The molecule has 3 rings (SSSR count). The molecule has 2 aromatic rings. The zero-order valence-corrected chi connectivity index (χ0v) is 13.4. The van der Waals surface area contributed by atoms with Gasteiger partial charge in [0.05, 0.1) is 3.57 Å². The lowest BCUT2D eigenvalue weighted by atomic mass is 10.1. The van der Waals surface area contributed by atoms with Crippen molar-refractivity contribution in [2.24, 2.45) is 0 Å². The summed E-state index contributed by atoms with van der Waals surface area (Å²) < 4.78 is 7.31. The average Bonchev–Trinajstić information content (AvgIpc) is 2.43. The number of benzene rings is 1. The summed E-state index contributed by atoms with van der Waals surface area (Å²) in [5, 5.41) is 5.74. The van der Waals surface area contributed by atoms with Gasteiger partial charge in [-0.2, -0.15) is 0 Å². The largest absolute Gasteiger partial charge is 0.489 e. The van der Waals surface area contributed by atoms with E-state index in [4.69, 9.17) is 4.74 Å². The van der Waals surface area contributed by atoms with Gasteiger partial charge >= 0.3 is 0 Å². The Labute approximate surface area is 132 Å². The Morgan fingerprint density at radius 2 is 2.00 bits per heavy atom. The van der Waals surface area contributed by atoms with Crippen LogP contribution in [0, 0.1) is 3.57 Å². The highest BCUT2D eigenvalue weighted by molar-refractivity contribution is 14.1. The molecule has 5 heteroatoms. The number of pyridine rings is 1. The summed E-state index contributed by atoms with van der Waals surface area (Å²) in [6.45, 7) is 2.11. The average molecular weight is 391 g/mol. The van der Waals surface area contributed by atoms with Crippen molar-refractivity contribution >= 4 is 45.8 Å². The van der Waals surface area contributed by atoms with Crippen LogP contribution < -0.4 is 10.1 Å². The molecule has 102 valence electrons. The Kier molecular flexibility index (Phi) is 5.24. The van der Waals surface area contributed by atoms with Crippen LogP contribution in [0.4, 0.5) is 0 Å². The fraction of sp³-hybridized carbons (Fsp3) is 0.357. The van der Waals surface area contributed by atoms with Crippen LogP contribution in [0.5, 0.6) is 5.75 Å². The number of aromatic nitrogens is 1. The van der Waals surface area contributed by atoms with E-state index in [0.29, 0.717) is 6.10 Å². The minimum atomic E-state index is 0. The van der Waals surface area contributed by atoms with E-state index < -0.39 is 0 Å². The predicted octanol–water partition coefficient (Wildman–Crippen LogP) is 3.39. The van der Waals surface area contributed by atoms with Gasteiger partial charge in [-0.25, -0.2) is 0 Å². The van der Waals surface area contributed by atoms with Gasteiger partial charge in [-0.05, 0) is 66.7 Å². The van der Waals surface area contributed by atoms with E-state index in [-0.39, 0.29) is 12.4 Å². The SMILES string of the molecule is Cl.Ic1c(OC2CCNCC2)ccc2cnccc12. The summed E-state index contributed by atoms with van der Waals surface area (Å²) in [6.07, 6.45) is 6.25. The maximum Gasteiger partial charge on any atom is 0.133 e. The molecule has 0 spiro atoms. The van der Waals surface area contributed by atoms with Crippen molar-refractivity contribution in [3.63, 3.8) is 0 Å². The van der Waals surface area contributed by atoms with E-state index in [0.717, 1.165) is 31.7 Å². The number of piperidine rings is 1. The number of hydrogen-bond donors (Lipinski definition) is 1. The van der Waals surface area contributed by atoms with E-state index in [9.17, 15) is 0 Å². The summed E-state index contributed by atoms with van der Waals surface area (Å²) in [6, 6.07) is 6.20. The number of nitrogens with one attached hydrogen (secondary N) is 1. The molecule has 1 aliphatic rings. The Balaban J connectivity index is 0.00000133. The van der Waals surface area contributed by atoms with Crippen LogP contribution in [0.1, 0.15) is 12.8 Å². The molecule has 0 saturated carbocycles. The molecule has 1 aromatic carbocycles. The van der Waals surface area contributed by atoms with E-state index >= 15 is 0 Å². The number of nitrogens with zero attached hydrogens (tertiary/aromatic N) is 1. The summed E-state index contributed by atoms with van der Waals surface area (Å²) in [5.74, 6) is 1.00. The zero-order valence-electron chi connectivity index (χ0n) is 10.4. The van der Waals surface area contributed by atoms with Gasteiger partial charge in [0.1, 0.15) is 11.9 Å². The number of hydrogen-bond acceptors (Lipinski definition) is 3. The highest BCUT2D eigenvalue weighted by Crippen LogP contribution is 2.30. The van der Waals surface area contributed by atoms with Crippen molar-refractivity contribution in [2.75, 3.05) is 13.1 Å². The van der Waals surface area contributed by atoms with Crippen LogP contribution in [-0.2, 0) is 0 Å². The highest BCUT2D eigenvalue weighted by atomic mass is 127. The smallest absolute Gasteiger partial charge is 0.133 e. The van der Waals surface area contributed by atoms with Gasteiger partial charge in [0.25, 0.3) is 0 Å². The lowest BCUT2D eigenvalue weighted by Gasteiger charge is -2.24. The van der Waals surface area contributed by atoms with Gasteiger partial charge < -0.3 is 10.1 Å². The summed E-state index contributed by atoms with van der Waals surface area (Å²) in [7, 11) is 0. The third kappa shape index (κ3) is 3.30. The molecule has 0 bridgehead atoms. The van der Waals surface area contributed by atoms with E-state index in [1.807, 2.05) is 18.5 Å². The van der Waals surface area contributed by atoms with Gasteiger partial charge in [0.2, 0.25) is 0 Å². The van der Waals surface area contributed by atoms with Crippen molar-refractivity contribution in [3.8, 4) is 5.75 Å². The minimum absolute atomic E-state index is 0. The van der Waals surface area contributed by atoms with Gasteiger partial charge in [0, 0.05) is 23.2 Å². The first kappa shape index (κ1) is 14.8. The normalized spacial score (nSPS) is 16.1. The van der Waals surface area contributed by atoms with Crippen LogP contribution >= 0.6 is 35.0 Å². The Morgan fingerprint density at radius 3 is 2.79 bits per heavy atom. The molecule has 1 aromatic heterocycles. The first-order valence-corrected chi connectivity index (χ1v) is 7.32. The molecule has 3 nitrogen and oxygen atoms in total.